The van der Waals surface area contributed by atoms with E-state index < -0.39 is 40.6 Å². The molecule has 0 aromatic heterocycles. The van der Waals surface area contributed by atoms with Crippen LogP contribution >= 0.6 is 11.6 Å². The quantitative estimate of drug-likeness (QED) is 0.684. The smallest absolute Gasteiger partial charge is 0.426 e. The normalized spacial score (nSPS) is 16.9. The zero-order valence-corrected chi connectivity index (χ0v) is 16.0. The van der Waals surface area contributed by atoms with E-state index in [1.54, 1.807) is 0 Å². The summed E-state index contributed by atoms with van der Waals surface area (Å²) in [5.41, 5.74) is 0. The number of sulfonamides is 1. The van der Waals surface area contributed by atoms with Crippen molar-refractivity contribution in [3.8, 4) is 0 Å². The molecule has 1 amide bonds. The van der Waals surface area contributed by atoms with Gasteiger partial charge in [-0.2, -0.15) is 26.3 Å². The lowest BCUT2D eigenvalue weighted by atomic mass is 10.1. The van der Waals surface area contributed by atoms with Crippen LogP contribution in [0, 0.1) is 0 Å². The zero-order valence-electron chi connectivity index (χ0n) is 14.4. The average Bonchev–Trinajstić information content (AvgIpc) is 2.58. The third-order valence-corrected chi connectivity index (χ3v) is 5.75. The number of amides is 1. The number of carbonyl (C=O) groups excluding carboxylic acids is 1. The van der Waals surface area contributed by atoms with Gasteiger partial charge in [0.05, 0.1) is 4.90 Å². The maximum atomic E-state index is 12.5. The maximum absolute atomic E-state index is 12.5. The van der Waals surface area contributed by atoms with Gasteiger partial charge in [0.25, 0.3) is 6.10 Å². The molecule has 0 unspecified atom stereocenters. The van der Waals surface area contributed by atoms with Gasteiger partial charge in [-0.15, -0.1) is 0 Å². The van der Waals surface area contributed by atoms with Gasteiger partial charge in [0.2, 0.25) is 10.0 Å². The summed E-state index contributed by atoms with van der Waals surface area (Å²) in [4.78, 5) is 12.3. The largest absolute Gasteiger partial charge is 0.434 e. The first-order valence-corrected chi connectivity index (χ1v) is 9.93. The van der Waals surface area contributed by atoms with Crippen LogP contribution in [0.15, 0.2) is 29.2 Å². The Bertz CT molecular complexity index is 824. The fraction of sp³-hybridized carbons (Fsp3) is 0.533. The summed E-state index contributed by atoms with van der Waals surface area (Å²) in [6.45, 7) is -0.575. The van der Waals surface area contributed by atoms with Crippen LogP contribution in [0.4, 0.5) is 31.1 Å². The van der Waals surface area contributed by atoms with Crippen LogP contribution in [0.2, 0.25) is 5.02 Å². The van der Waals surface area contributed by atoms with Crippen molar-refractivity contribution in [3.63, 3.8) is 0 Å². The number of alkyl halides is 6. The number of hydrogen-bond donors (Lipinski definition) is 1. The van der Waals surface area contributed by atoms with Crippen molar-refractivity contribution in [3.05, 3.63) is 29.3 Å². The average molecular weight is 469 g/mol. The fourth-order valence-corrected chi connectivity index (χ4v) is 4.20. The summed E-state index contributed by atoms with van der Waals surface area (Å²) in [7, 11) is -3.94. The highest BCUT2D eigenvalue weighted by atomic mass is 35.5. The Morgan fingerprint density at radius 1 is 1.14 bits per heavy atom. The van der Waals surface area contributed by atoms with E-state index in [1.807, 2.05) is 0 Å². The van der Waals surface area contributed by atoms with Crippen molar-refractivity contribution in [2.45, 2.75) is 42.2 Å². The molecular formula is C15H15ClF6N2O4S. The summed E-state index contributed by atoms with van der Waals surface area (Å²) in [6.07, 6.45) is -17.7. The molecule has 0 aliphatic carbocycles. The van der Waals surface area contributed by atoms with Crippen LogP contribution in [0.25, 0.3) is 0 Å². The lowest BCUT2D eigenvalue weighted by molar-refractivity contribution is -0.308. The highest BCUT2D eigenvalue weighted by molar-refractivity contribution is 7.89. The third kappa shape index (κ3) is 6.37. The molecule has 14 heteroatoms. The van der Waals surface area contributed by atoms with Gasteiger partial charge < -0.3 is 9.64 Å². The minimum absolute atomic E-state index is 0.0302. The predicted octanol–water partition coefficient (Wildman–Crippen LogP) is 3.71. The number of nitrogens with zero attached hydrogens (tertiary/aromatic N) is 1. The maximum Gasteiger partial charge on any atom is 0.434 e. The minimum Gasteiger partial charge on any atom is -0.426 e. The van der Waals surface area contributed by atoms with E-state index in [0.29, 0.717) is 4.90 Å². The summed E-state index contributed by atoms with van der Waals surface area (Å²) in [5.74, 6) is 0. The van der Waals surface area contributed by atoms with Gasteiger partial charge in [0.1, 0.15) is 0 Å². The van der Waals surface area contributed by atoms with Crippen molar-refractivity contribution in [2.75, 3.05) is 13.1 Å². The predicted molar refractivity (Wildman–Crippen MR) is 88.7 cm³/mol. The van der Waals surface area contributed by atoms with E-state index >= 15 is 0 Å². The topological polar surface area (TPSA) is 75.7 Å². The number of ether oxygens (including phenoxy) is 1. The van der Waals surface area contributed by atoms with Crippen LogP contribution in [-0.2, 0) is 14.8 Å². The molecule has 6 nitrogen and oxygen atoms in total. The molecule has 1 N–H and O–H groups in total. The van der Waals surface area contributed by atoms with E-state index in [4.69, 9.17) is 11.6 Å². The molecule has 1 aromatic carbocycles. The van der Waals surface area contributed by atoms with Gasteiger partial charge in [-0.3, -0.25) is 0 Å². The summed E-state index contributed by atoms with van der Waals surface area (Å²) in [5, 5.41) is 0.189. The Hall–Kier alpha value is -1.73. The molecule has 0 spiro atoms. The van der Waals surface area contributed by atoms with Crippen molar-refractivity contribution < 1.29 is 44.3 Å². The summed E-state index contributed by atoms with van der Waals surface area (Å²) in [6, 6.07) is 4.73. The molecule has 0 bridgehead atoms. The van der Waals surface area contributed by atoms with E-state index in [0.717, 1.165) is 0 Å². The Morgan fingerprint density at radius 2 is 1.69 bits per heavy atom. The van der Waals surface area contributed by atoms with Crippen molar-refractivity contribution in [1.82, 2.24) is 9.62 Å². The first-order chi connectivity index (χ1) is 13.2. The van der Waals surface area contributed by atoms with E-state index in [-0.39, 0.29) is 35.8 Å². The Morgan fingerprint density at radius 3 is 2.17 bits per heavy atom. The molecule has 1 aliphatic rings. The number of rotatable bonds is 4. The van der Waals surface area contributed by atoms with Crippen LogP contribution < -0.4 is 4.72 Å². The second-order valence-corrected chi connectivity index (χ2v) is 8.34. The number of carbonyl (C=O) groups is 1. The SMILES string of the molecule is O=C(OC(C(F)(F)F)C(F)(F)F)N1CCC(NS(=O)(=O)c2cccc(Cl)c2)CC1. The number of hydrogen-bond acceptors (Lipinski definition) is 4. The molecule has 1 fully saturated rings. The highest BCUT2D eigenvalue weighted by Crippen LogP contribution is 2.36. The second kappa shape index (κ2) is 8.56. The van der Waals surface area contributed by atoms with E-state index in [1.165, 1.54) is 24.3 Å². The number of likely N-dealkylation sites (tertiary alicyclic amines) is 1. The molecule has 2 rings (SSSR count). The molecular weight excluding hydrogens is 454 g/mol. The molecule has 0 atom stereocenters. The summed E-state index contributed by atoms with van der Waals surface area (Å²) < 4.78 is 105. The van der Waals surface area contributed by atoms with Crippen LogP contribution in [0.5, 0.6) is 0 Å². The van der Waals surface area contributed by atoms with E-state index in [9.17, 15) is 39.6 Å². The zero-order chi connectivity index (χ0) is 22.0. The van der Waals surface area contributed by atoms with Crippen LogP contribution in [0.3, 0.4) is 0 Å². The minimum atomic E-state index is -5.81. The monoisotopic (exact) mass is 468 g/mol. The Kier molecular flexibility index (Phi) is 6.95. The van der Waals surface area contributed by atoms with Gasteiger partial charge in [-0.05, 0) is 31.0 Å². The molecule has 29 heavy (non-hydrogen) atoms. The highest BCUT2D eigenvalue weighted by Gasteiger charge is 2.60. The van der Waals surface area contributed by atoms with Crippen molar-refractivity contribution in [2.24, 2.45) is 0 Å². The molecule has 164 valence electrons. The first kappa shape index (κ1) is 23.5. The number of piperidine rings is 1. The van der Waals surface area contributed by atoms with E-state index in [2.05, 4.69) is 9.46 Å². The lowest BCUT2D eigenvalue weighted by Crippen LogP contribution is -2.51. The van der Waals surface area contributed by atoms with Crippen molar-refractivity contribution in [1.29, 1.82) is 0 Å². The van der Waals surface area contributed by atoms with Gasteiger partial charge in [0.15, 0.2) is 0 Å². The molecule has 1 aliphatic heterocycles. The van der Waals surface area contributed by atoms with Gasteiger partial charge in [-0.25, -0.2) is 17.9 Å². The van der Waals surface area contributed by atoms with Gasteiger partial charge in [-0.1, -0.05) is 17.7 Å². The number of nitrogens with one attached hydrogen (secondary N) is 1. The Labute approximate surface area is 166 Å². The van der Waals surface area contributed by atoms with Gasteiger partial charge in [0, 0.05) is 24.2 Å². The van der Waals surface area contributed by atoms with Crippen LogP contribution in [0.1, 0.15) is 12.8 Å². The third-order valence-electron chi connectivity index (χ3n) is 3.99. The number of halogens is 7. The molecule has 1 saturated heterocycles. The molecule has 1 aromatic rings. The first-order valence-electron chi connectivity index (χ1n) is 8.07. The molecule has 0 radical (unpaired) electrons. The molecule has 1 heterocycles. The fourth-order valence-electron chi connectivity index (χ4n) is 2.60. The second-order valence-electron chi connectivity index (χ2n) is 6.19. The number of benzene rings is 1. The van der Waals surface area contributed by atoms with Crippen molar-refractivity contribution >= 4 is 27.7 Å². The lowest BCUT2D eigenvalue weighted by Gasteiger charge is -2.33. The standard InChI is InChI=1S/C15H15ClF6N2O4S/c16-9-2-1-3-11(8-9)29(26,27)23-10-4-6-24(7-5-10)13(25)28-12(14(17,18)19)15(20,21)22/h1-3,8,10,12,23H,4-7H2. The summed E-state index contributed by atoms with van der Waals surface area (Å²) >= 11 is 5.74. The molecule has 0 saturated carbocycles. The van der Waals surface area contributed by atoms with Gasteiger partial charge >= 0.3 is 18.4 Å². The Balaban J connectivity index is 1.95. The van der Waals surface area contributed by atoms with Crippen LogP contribution in [-0.4, -0.2) is 57.0 Å².